The maximum atomic E-state index is 12.5. The van der Waals surface area contributed by atoms with Crippen LogP contribution in [0.1, 0.15) is 29.1 Å². The third-order valence-electron chi connectivity index (χ3n) is 4.49. The van der Waals surface area contributed by atoms with Crippen LogP contribution in [0.2, 0.25) is 5.02 Å². The smallest absolute Gasteiger partial charge is 0.251 e. The van der Waals surface area contributed by atoms with E-state index < -0.39 is 0 Å². The second-order valence-corrected chi connectivity index (χ2v) is 8.99. The summed E-state index contributed by atoms with van der Waals surface area (Å²) >= 11 is 10.6. The fourth-order valence-corrected chi connectivity index (χ4v) is 3.96. The number of anilines is 1. The van der Waals surface area contributed by atoms with E-state index in [2.05, 4.69) is 36.8 Å². The third-order valence-corrected chi connectivity index (χ3v) is 6.74. The Morgan fingerprint density at radius 2 is 1.94 bits per heavy atom. The average Bonchev–Trinajstić information content (AvgIpc) is 3.15. The number of carbonyl (C=O) groups is 2. The molecule has 0 aliphatic carbocycles. The second-order valence-electron chi connectivity index (χ2n) is 6.79. The van der Waals surface area contributed by atoms with Gasteiger partial charge in [-0.05, 0) is 65.3 Å². The summed E-state index contributed by atoms with van der Waals surface area (Å²) < 4.78 is 7.62. The van der Waals surface area contributed by atoms with Crippen LogP contribution in [0.4, 0.5) is 5.69 Å². The summed E-state index contributed by atoms with van der Waals surface area (Å²) in [6.45, 7) is 1.82. The molecule has 1 atom stereocenters. The molecule has 8 nitrogen and oxygen atoms in total. The molecule has 0 aliphatic rings. The number of aromatic nitrogens is 3. The van der Waals surface area contributed by atoms with Gasteiger partial charge in [0.25, 0.3) is 5.91 Å². The number of halogens is 2. The first kappa shape index (κ1) is 24.1. The molecule has 11 heteroatoms. The fourth-order valence-electron chi connectivity index (χ4n) is 2.82. The highest BCUT2D eigenvalue weighted by atomic mass is 79.9. The molecule has 168 valence electrons. The standard InChI is InChI=1S/C21H21BrClN5O3S/c1-12(24-20(30)13-4-7-15(31-3)8-5-13)19-26-27-21(28(19)2)32-11-18(29)25-14-6-9-16(22)17(23)10-14/h4-10,12H,11H2,1-3H3,(H,24,30)(H,25,29). The van der Waals surface area contributed by atoms with E-state index in [1.807, 2.05) is 6.92 Å². The van der Waals surface area contributed by atoms with Crippen LogP contribution >= 0.6 is 39.3 Å². The minimum atomic E-state index is -0.379. The summed E-state index contributed by atoms with van der Waals surface area (Å²) in [5.41, 5.74) is 1.12. The maximum Gasteiger partial charge on any atom is 0.251 e. The van der Waals surface area contributed by atoms with Crippen molar-refractivity contribution in [3.05, 3.63) is 63.3 Å². The topological polar surface area (TPSA) is 98.1 Å². The maximum absolute atomic E-state index is 12.5. The molecule has 0 fully saturated rings. The zero-order chi connectivity index (χ0) is 23.3. The predicted molar refractivity (Wildman–Crippen MR) is 128 cm³/mol. The highest BCUT2D eigenvalue weighted by Gasteiger charge is 2.19. The first-order valence-electron chi connectivity index (χ1n) is 9.50. The van der Waals surface area contributed by atoms with E-state index in [0.717, 1.165) is 4.47 Å². The van der Waals surface area contributed by atoms with Crippen molar-refractivity contribution in [2.45, 2.75) is 18.1 Å². The number of benzene rings is 2. The summed E-state index contributed by atoms with van der Waals surface area (Å²) in [6.07, 6.45) is 0. The van der Waals surface area contributed by atoms with Gasteiger partial charge in [0.1, 0.15) is 5.75 Å². The third kappa shape index (κ3) is 6.02. The Morgan fingerprint density at radius 3 is 2.59 bits per heavy atom. The van der Waals surface area contributed by atoms with Crippen molar-refractivity contribution in [1.29, 1.82) is 0 Å². The molecule has 2 aromatic carbocycles. The Kier molecular flexibility index (Phi) is 8.16. The van der Waals surface area contributed by atoms with Gasteiger partial charge in [-0.25, -0.2) is 0 Å². The van der Waals surface area contributed by atoms with Crippen LogP contribution in [0.15, 0.2) is 52.1 Å². The SMILES string of the molecule is COc1ccc(C(=O)NC(C)c2nnc(SCC(=O)Nc3ccc(Br)c(Cl)c3)n2C)cc1. The quantitative estimate of drug-likeness (QED) is 0.411. The van der Waals surface area contributed by atoms with Crippen LogP contribution in [0.3, 0.4) is 0 Å². The number of thioether (sulfide) groups is 1. The summed E-state index contributed by atoms with van der Waals surface area (Å²) in [5, 5.41) is 15.1. The monoisotopic (exact) mass is 537 g/mol. The van der Waals surface area contributed by atoms with Gasteiger partial charge < -0.3 is 19.9 Å². The molecule has 0 spiro atoms. The number of carbonyl (C=O) groups excluding carboxylic acids is 2. The van der Waals surface area contributed by atoms with Crippen molar-refractivity contribution >= 4 is 56.8 Å². The van der Waals surface area contributed by atoms with Crippen molar-refractivity contribution in [3.63, 3.8) is 0 Å². The molecule has 1 heterocycles. The van der Waals surface area contributed by atoms with E-state index in [1.165, 1.54) is 11.8 Å². The summed E-state index contributed by atoms with van der Waals surface area (Å²) in [7, 11) is 3.36. The number of amides is 2. The molecule has 0 saturated heterocycles. The zero-order valence-electron chi connectivity index (χ0n) is 17.6. The number of nitrogens with zero attached hydrogens (tertiary/aromatic N) is 3. The van der Waals surface area contributed by atoms with Gasteiger partial charge in [-0.2, -0.15) is 0 Å². The summed E-state index contributed by atoms with van der Waals surface area (Å²) in [6, 6.07) is 11.6. The second kappa shape index (κ2) is 10.8. The summed E-state index contributed by atoms with van der Waals surface area (Å²) in [4.78, 5) is 24.8. The lowest BCUT2D eigenvalue weighted by Crippen LogP contribution is -2.28. The van der Waals surface area contributed by atoms with Gasteiger partial charge in [0.15, 0.2) is 11.0 Å². The van der Waals surface area contributed by atoms with E-state index in [9.17, 15) is 9.59 Å². The molecule has 2 amide bonds. The molecule has 1 aromatic heterocycles. The predicted octanol–water partition coefficient (Wildman–Crippen LogP) is 4.46. The molecule has 0 bridgehead atoms. The van der Waals surface area contributed by atoms with Crippen LogP contribution in [0.5, 0.6) is 5.75 Å². The highest BCUT2D eigenvalue weighted by Crippen LogP contribution is 2.26. The van der Waals surface area contributed by atoms with Gasteiger partial charge in [0.2, 0.25) is 5.91 Å². The van der Waals surface area contributed by atoms with Crippen molar-refractivity contribution in [3.8, 4) is 5.75 Å². The van der Waals surface area contributed by atoms with Crippen molar-refractivity contribution in [2.24, 2.45) is 7.05 Å². The Morgan fingerprint density at radius 1 is 1.22 bits per heavy atom. The van der Waals surface area contributed by atoms with Gasteiger partial charge in [0.05, 0.1) is 23.9 Å². The van der Waals surface area contributed by atoms with Crippen molar-refractivity contribution in [1.82, 2.24) is 20.1 Å². The van der Waals surface area contributed by atoms with Crippen LogP contribution in [0, 0.1) is 0 Å². The van der Waals surface area contributed by atoms with Crippen LogP contribution < -0.4 is 15.4 Å². The number of rotatable bonds is 8. The number of hydrogen-bond acceptors (Lipinski definition) is 6. The van der Waals surface area contributed by atoms with Crippen LogP contribution in [-0.2, 0) is 11.8 Å². The Labute approximate surface area is 203 Å². The molecular formula is C21H21BrClN5O3S. The molecule has 1 unspecified atom stereocenters. The van der Waals surface area contributed by atoms with Gasteiger partial charge in [-0.3, -0.25) is 9.59 Å². The first-order valence-corrected chi connectivity index (χ1v) is 11.7. The van der Waals surface area contributed by atoms with Gasteiger partial charge in [-0.15, -0.1) is 10.2 Å². The van der Waals surface area contributed by atoms with Gasteiger partial charge in [-0.1, -0.05) is 23.4 Å². The molecule has 0 aliphatic heterocycles. The molecular weight excluding hydrogens is 518 g/mol. The minimum absolute atomic E-state index is 0.145. The molecule has 0 saturated carbocycles. The Bertz CT molecular complexity index is 1120. The van der Waals surface area contributed by atoms with Crippen LogP contribution in [0.25, 0.3) is 0 Å². The van der Waals surface area contributed by atoms with E-state index in [1.54, 1.807) is 61.2 Å². The lowest BCUT2D eigenvalue weighted by Gasteiger charge is -2.14. The number of ether oxygens (including phenoxy) is 1. The molecule has 32 heavy (non-hydrogen) atoms. The summed E-state index contributed by atoms with van der Waals surface area (Å²) in [5.74, 6) is 0.974. The number of hydrogen-bond donors (Lipinski definition) is 2. The highest BCUT2D eigenvalue weighted by molar-refractivity contribution is 9.10. The van der Waals surface area contributed by atoms with Crippen molar-refractivity contribution in [2.75, 3.05) is 18.2 Å². The minimum Gasteiger partial charge on any atom is -0.497 e. The zero-order valence-corrected chi connectivity index (χ0v) is 20.7. The van der Waals surface area contributed by atoms with Gasteiger partial charge in [0, 0.05) is 22.8 Å². The lowest BCUT2D eigenvalue weighted by atomic mass is 10.2. The first-order chi connectivity index (χ1) is 15.3. The Hall–Kier alpha value is -2.56. The molecule has 0 radical (unpaired) electrons. The van der Waals surface area contributed by atoms with E-state index >= 15 is 0 Å². The number of methoxy groups -OCH3 is 1. The van der Waals surface area contributed by atoms with Crippen molar-refractivity contribution < 1.29 is 14.3 Å². The molecule has 3 rings (SSSR count). The Balaban J connectivity index is 1.57. The van der Waals surface area contributed by atoms with E-state index in [4.69, 9.17) is 16.3 Å². The van der Waals surface area contributed by atoms with Crippen LogP contribution in [-0.4, -0.2) is 39.4 Å². The van der Waals surface area contributed by atoms with E-state index in [0.29, 0.717) is 33.0 Å². The molecule has 2 N–H and O–H groups in total. The average molecular weight is 539 g/mol. The van der Waals surface area contributed by atoms with E-state index in [-0.39, 0.29) is 23.6 Å². The largest absolute Gasteiger partial charge is 0.497 e. The molecule has 3 aromatic rings. The van der Waals surface area contributed by atoms with Gasteiger partial charge >= 0.3 is 0 Å². The number of nitrogens with one attached hydrogen (secondary N) is 2. The normalized spacial score (nSPS) is 11.7. The fraction of sp³-hybridized carbons (Fsp3) is 0.238. The lowest BCUT2D eigenvalue weighted by molar-refractivity contribution is -0.113.